The van der Waals surface area contributed by atoms with Gasteiger partial charge >= 0.3 is 0 Å². The Balaban J connectivity index is 1.27. The number of benzene rings is 2. The molecule has 2 aliphatic rings. The van der Waals surface area contributed by atoms with Crippen LogP contribution in [0.15, 0.2) is 54.6 Å². The molecule has 4 rings (SSSR count). The summed E-state index contributed by atoms with van der Waals surface area (Å²) in [7, 11) is 0. The van der Waals surface area contributed by atoms with Crippen LogP contribution in [0.2, 0.25) is 0 Å². The Morgan fingerprint density at radius 1 is 1.00 bits per heavy atom. The van der Waals surface area contributed by atoms with Crippen LogP contribution >= 0.6 is 0 Å². The van der Waals surface area contributed by atoms with Gasteiger partial charge < -0.3 is 5.32 Å². The number of hydrogen-bond donors (Lipinski definition) is 1. The summed E-state index contributed by atoms with van der Waals surface area (Å²) in [5.74, 6) is -0.830. The zero-order chi connectivity index (χ0) is 21.8. The van der Waals surface area contributed by atoms with Crippen molar-refractivity contribution >= 4 is 17.7 Å². The highest BCUT2D eigenvalue weighted by molar-refractivity contribution is 6.05. The van der Waals surface area contributed by atoms with E-state index in [-0.39, 0.29) is 36.0 Å². The predicted octanol–water partition coefficient (Wildman–Crippen LogP) is 2.39. The first kappa shape index (κ1) is 21.2. The molecule has 31 heavy (non-hydrogen) atoms. The van der Waals surface area contributed by atoms with Crippen LogP contribution in [-0.2, 0) is 16.0 Å². The van der Waals surface area contributed by atoms with Crippen molar-refractivity contribution in [1.29, 1.82) is 0 Å². The van der Waals surface area contributed by atoms with Gasteiger partial charge in [-0.2, -0.15) is 0 Å². The summed E-state index contributed by atoms with van der Waals surface area (Å²) in [6.45, 7) is 1.69. The molecule has 2 aromatic rings. The minimum Gasteiger partial charge on any atom is -0.349 e. The standard InChI is InChI=1S/C24H26FN3O3/c25-19-8-6-18(7-9-19)23(30)26-20-11-13-27(14-12-20)21-16-22(29)28(24(21)31)15-10-17-4-2-1-3-5-17/h1-9,20-21H,10-16H2,(H,26,30)/t21-/m1/s1. The fourth-order valence-corrected chi connectivity index (χ4v) is 4.30. The highest BCUT2D eigenvalue weighted by Gasteiger charge is 2.42. The van der Waals surface area contributed by atoms with Crippen molar-refractivity contribution in [2.75, 3.05) is 19.6 Å². The summed E-state index contributed by atoms with van der Waals surface area (Å²) in [5, 5.41) is 2.98. The molecule has 0 bridgehead atoms. The lowest BCUT2D eigenvalue weighted by atomic mass is 10.0. The number of rotatable bonds is 6. The Hall–Kier alpha value is -3.06. The smallest absolute Gasteiger partial charge is 0.251 e. The molecular weight excluding hydrogens is 397 g/mol. The van der Waals surface area contributed by atoms with Gasteiger partial charge in [0.2, 0.25) is 11.8 Å². The first-order valence-electron chi connectivity index (χ1n) is 10.7. The monoisotopic (exact) mass is 423 g/mol. The SMILES string of the molecule is O=C(NC1CCN([C@@H]2CC(=O)N(CCc3ccccc3)C2=O)CC1)c1ccc(F)cc1. The number of carbonyl (C=O) groups excluding carboxylic acids is 3. The quantitative estimate of drug-likeness (QED) is 0.725. The number of carbonyl (C=O) groups is 3. The van der Waals surface area contributed by atoms with Crippen LogP contribution in [0.5, 0.6) is 0 Å². The molecule has 2 aromatic carbocycles. The largest absolute Gasteiger partial charge is 0.349 e. The van der Waals surface area contributed by atoms with E-state index in [0.29, 0.717) is 44.5 Å². The van der Waals surface area contributed by atoms with Crippen LogP contribution in [0.3, 0.4) is 0 Å². The second kappa shape index (κ2) is 9.39. The van der Waals surface area contributed by atoms with Crippen molar-refractivity contribution in [3.8, 4) is 0 Å². The van der Waals surface area contributed by atoms with Crippen LogP contribution in [0.4, 0.5) is 4.39 Å². The van der Waals surface area contributed by atoms with Crippen LogP contribution < -0.4 is 5.32 Å². The lowest BCUT2D eigenvalue weighted by Gasteiger charge is -2.35. The van der Waals surface area contributed by atoms with E-state index in [4.69, 9.17) is 0 Å². The number of nitrogens with one attached hydrogen (secondary N) is 1. The molecule has 6 nitrogen and oxygen atoms in total. The number of amides is 3. The van der Waals surface area contributed by atoms with E-state index in [0.717, 1.165) is 5.56 Å². The Kier molecular flexibility index (Phi) is 6.42. The van der Waals surface area contributed by atoms with Gasteiger partial charge in [-0.1, -0.05) is 30.3 Å². The molecule has 2 aliphatic heterocycles. The Bertz CT molecular complexity index is 940. The molecule has 0 saturated carbocycles. The van der Waals surface area contributed by atoms with Crippen molar-refractivity contribution in [3.63, 3.8) is 0 Å². The maximum Gasteiger partial charge on any atom is 0.251 e. The van der Waals surface area contributed by atoms with E-state index in [2.05, 4.69) is 10.2 Å². The molecule has 1 N–H and O–H groups in total. The number of imide groups is 1. The molecule has 0 unspecified atom stereocenters. The molecule has 2 fully saturated rings. The van der Waals surface area contributed by atoms with Gasteiger partial charge in [0.05, 0.1) is 12.5 Å². The minimum atomic E-state index is -0.406. The second-order valence-electron chi connectivity index (χ2n) is 8.13. The van der Waals surface area contributed by atoms with E-state index < -0.39 is 6.04 Å². The summed E-state index contributed by atoms with van der Waals surface area (Å²) in [6.07, 6.45) is 2.28. The highest BCUT2D eigenvalue weighted by atomic mass is 19.1. The van der Waals surface area contributed by atoms with Crippen LogP contribution in [0.25, 0.3) is 0 Å². The summed E-state index contributed by atoms with van der Waals surface area (Å²) < 4.78 is 13.0. The van der Waals surface area contributed by atoms with Crippen molar-refractivity contribution in [2.24, 2.45) is 0 Å². The van der Waals surface area contributed by atoms with E-state index >= 15 is 0 Å². The number of hydrogen-bond acceptors (Lipinski definition) is 4. The van der Waals surface area contributed by atoms with Crippen LogP contribution in [0.1, 0.15) is 35.2 Å². The number of likely N-dealkylation sites (tertiary alicyclic amines) is 2. The molecule has 0 spiro atoms. The second-order valence-corrected chi connectivity index (χ2v) is 8.13. The molecule has 3 amide bonds. The fourth-order valence-electron chi connectivity index (χ4n) is 4.30. The summed E-state index contributed by atoms with van der Waals surface area (Å²) in [4.78, 5) is 41.1. The molecule has 162 valence electrons. The highest BCUT2D eigenvalue weighted by Crippen LogP contribution is 2.23. The molecule has 2 heterocycles. The third-order valence-corrected chi connectivity index (χ3v) is 6.10. The number of nitrogens with zero attached hydrogens (tertiary/aromatic N) is 2. The van der Waals surface area contributed by atoms with Crippen molar-refractivity contribution in [1.82, 2.24) is 15.1 Å². The third kappa shape index (κ3) is 4.99. The normalized spacial score (nSPS) is 20.3. The van der Waals surface area contributed by atoms with E-state index in [1.165, 1.54) is 29.2 Å². The average molecular weight is 423 g/mol. The molecule has 0 aliphatic carbocycles. The minimum absolute atomic E-state index is 0.00445. The molecular formula is C24H26FN3O3. The Morgan fingerprint density at radius 3 is 2.35 bits per heavy atom. The zero-order valence-corrected chi connectivity index (χ0v) is 17.3. The molecule has 0 aromatic heterocycles. The molecule has 0 radical (unpaired) electrons. The van der Waals surface area contributed by atoms with Crippen molar-refractivity contribution < 1.29 is 18.8 Å². The van der Waals surface area contributed by atoms with E-state index in [9.17, 15) is 18.8 Å². The van der Waals surface area contributed by atoms with E-state index in [1.54, 1.807) is 0 Å². The fraction of sp³-hybridized carbons (Fsp3) is 0.375. The van der Waals surface area contributed by atoms with Crippen LogP contribution in [0, 0.1) is 5.82 Å². The van der Waals surface area contributed by atoms with Gasteiger partial charge in [-0.3, -0.25) is 24.2 Å². The third-order valence-electron chi connectivity index (χ3n) is 6.10. The first-order chi connectivity index (χ1) is 15.0. The molecule has 7 heteroatoms. The molecule has 1 atom stereocenters. The Morgan fingerprint density at radius 2 is 1.68 bits per heavy atom. The van der Waals surface area contributed by atoms with Gasteiger partial charge in [-0.15, -0.1) is 0 Å². The maximum atomic E-state index is 13.0. The van der Waals surface area contributed by atoms with Gasteiger partial charge in [-0.25, -0.2) is 4.39 Å². The topological polar surface area (TPSA) is 69.7 Å². The van der Waals surface area contributed by atoms with E-state index in [1.807, 2.05) is 30.3 Å². The lowest BCUT2D eigenvalue weighted by Crippen LogP contribution is -2.50. The summed E-state index contributed by atoms with van der Waals surface area (Å²) in [5.41, 5.74) is 1.53. The number of piperidine rings is 1. The van der Waals surface area contributed by atoms with Crippen molar-refractivity contribution in [3.05, 3.63) is 71.5 Å². The maximum absolute atomic E-state index is 13.0. The molecule has 2 saturated heterocycles. The van der Waals surface area contributed by atoms with Gasteiger partial charge in [-0.05, 0) is 49.1 Å². The Labute approximate surface area is 181 Å². The first-order valence-corrected chi connectivity index (χ1v) is 10.7. The van der Waals surface area contributed by atoms with Crippen LogP contribution in [-0.4, -0.2) is 59.2 Å². The summed E-state index contributed by atoms with van der Waals surface area (Å²) in [6, 6.07) is 14.9. The number of halogens is 1. The van der Waals surface area contributed by atoms with Gasteiger partial charge in [0.25, 0.3) is 5.91 Å². The van der Waals surface area contributed by atoms with Gasteiger partial charge in [0.15, 0.2) is 0 Å². The van der Waals surface area contributed by atoms with Gasteiger partial charge in [0, 0.05) is 31.2 Å². The average Bonchev–Trinajstić information content (AvgIpc) is 3.07. The van der Waals surface area contributed by atoms with Gasteiger partial charge in [0.1, 0.15) is 5.82 Å². The summed E-state index contributed by atoms with van der Waals surface area (Å²) >= 11 is 0. The van der Waals surface area contributed by atoms with Crippen molar-refractivity contribution in [2.45, 2.75) is 37.8 Å². The predicted molar refractivity (Wildman–Crippen MR) is 114 cm³/mol. The zero-order valence-electron chi connectivity index (χ0n) is 17.3. The lowest BCUT2D eigenvalue weighted by molar-refractivity contribution is -0.139.